The number of carboxylic acids is 4. The molecule has 7 rings (SSSR count). The smallest absolute Gasteiger partial charge is 0.337 e. The molecule has 4 aromatic carbocycles. The van der Waals surface area contributed by atoms with Crippen LogP contribution in [0, 0.1) is 0 Å². The maximum absolute atomic E-state index is 11.7. The molecule has 0 saturated heterocycles. The van der Waals surface area contributed by atoms with Crippen molar-refractivity contribution in [3.63, 3.8) is 0 Å². The Morgan fingerprint density at radius 3 is 1.02 bits per heavy atom. The number of rotatable bonds is 8. The molecule has 0 fully saturated rings. The molecule has 0 aromatic heterocycles. The van der Waals surface area contributed by atoms with Crippen LogP contribution in [0.25, 0.3) is 11.1 Å². The van der Waals surface area contributed by atoms with Gasteiger partial charge in [0.15, 0.2) is 0 Å². The second-order valence-electron chi connectivity index (χ2n) is 11.1. The Balaban J connectivity index is 1.37. The number of hydrogen-bond acceptors (Lipinski definition) is 4. The molecule has 2 aliphatic heterocycles. The molecule has 4 aromatic rings. The lowest BCUT2D eigenvalue weighted by Crippen LogP contribution is -2.28. The fourth-order valence-electron chi connectivity index (χ4n) is 6.68. The zero-order valence-corrected chi connectivity index (χ0v) is 26.2. The third kappa shape index (κ3) is 4.72. The minimum Gasteiger partial charge on any atom is -0.478 e. The van der Waals surface area contributed by atoms with Gasteiger partial charge in [-0.3, -0.25) is 0 Å². The molecule has 1 aliphatic carbocycles. The Hall–Kier alpha value is -5.58. The molecule has 0 amide bonds. The molecule has 2 heterocycles. The summed E-state index contributed by atoms with van der Waals surface area (Å²) in [6.45, 7) is 0. The Bertz CT molecular complexity index is 1940. The summed E-state index contributed by atoms with van der Waals surface area (Å²) in [5.74, 6) is -5.09. The van der Waals surface area contributed by atoms with E-state index in [0.717, 1.165) is 43.2 Å². The number of carbonyl (C=O) groups is 4. The van der Waals surface area contributed by atoms with Crippen molar-refractivity contribution in [3.05, 3.63) is 163 Å². The van der Waals surface area contributed by atoms with E-state index >= 15 is 0 Å². The summed E-state index contributed by atoms with van der Waals surface area (Å²) in [5, 5.41) is 44.4. The van der Waals surface area contributed by atoms with Crippen LogP contribution >= 0.6 is 21.8 Å². The molecule has 0 bridgehead atoms. The molecule has 4 N–H and O–H groups in total. The molecule has 8 nitrogen and oxygen atoms in total. The van der Waals surface area contributed by atoms with Crippen LogP contribution in [0.4, 0.5) is 0 Å². The first kappa shape index (κ1) is 30.1. The van der Waals surface area contributed by atoms with E-state index < -0.39 is 51.1 Å². The van der Waals surface area contributed by atoms with Crippen LogP contribution in [0.5, 0.6) is 0 Å². The van der Waals surface area contributed by atoms with Gasteiger partial charge in [-0.15, -0.1) is 0 Å². The highest BCUT2D eigenvalue weighted by Crippen LogP contribution is 2.57. The van der Waals surface area contributed by atoms with Crippen LogP contribution in [0.2, 0.25) is 0 Å². The Morgan fingerprint density at radius 2 is 0.723 bits per heavy atom. The summed E-state index contributed by atoms with van der Waals surface area (Å²) < 4.78 is 0. The average Bonchev–Trinajstić information content (AvgIpc) is 3.80. The van der Waals surface area contributed by atoms with Crippen LogP contribution < -0.4 is 0 Å². The van der Waals surface area contributed by atoms with Gasteiger partial charge in [-0.05, 0) is 89.1 Å². The fourth-order valence-corrected chi connectivity index (χ4v) is 10.5. The number of benzene rings is 4. The largest absolute Gasteiger partial charge is 0.478 e. The number of thiol groups is 2. The molecule has 47 heavy (non-hydrogen) atoms. The topological polar surface area (TPSA) is 149 Å². The Morgan fingerprint density at radius 1 is 0.426 bits per heavy atom. The van der Waals surface area contributed by atoms with Crippen LogP contribution in [0.3, 0.4) is 0 Å². The standard InChI is InChI=1S/C37H26O8S2/c38-33(39)27-17-46(18-28(27)34(40)41)23-13-9-21(10-14-23)37(31-7-3-1-5-25(31)26-6-2-4-8-32(26)37)22-11-15-24(16-12-22)47-19-29(35(42)43)30(20-47)36(44)45/h1-20,46-47H,(H,38,39)(H,40,41)(H,42,43)(H,44,45). The zero-order chi connectivity index (χ0) is 33.0. The quantitative estimate of drug-likeness (QED) is 0.101. The molecule has 3 aliphatic rings. The molecule has 0 saturated carbocycles. The van der Waals surface area contributed by atoms with E-state index in [1.165, 1.54) is 21.6 Å². The lowest BCUT2D eigenvalue weighted by molar-refractivity contribution is -0.136. The summed E-state index contributed by atoms with van der Waals surface area (Å²) in [6.07, 6.45) is 0. The van der Waals surface area contributed by atoms with Crippen molar-refractivity contribution in [2.75, 3.05) is 0 Å². The van der Waals surface area contributed by atoms with E-state index in [4.69, 9.17) is 0 Å². The van der Waals surface area contributed by atoms with Crippen molar-refractivity contribution in [1.82, 2.24) is 0 Å². The van der Waals surface area contributed by atoms with Crippen molar-refractivity contribution in [1.29, 1.82) is 0 Å². The maximum atomic E-state index is 11.7. The number of fused-ring (bicyclic) bond motifs is 3. The average molecular weight is 663 g/mol. The molecule has 234 valence electrons. The van der Waals surface area contributed by atoms with E-state index in [2.05, 4.69) is 24.3 Å². The highest BCUT2D eigenvalue weighted by atomic mass is 32.2. The van der Waals surface area contributed by atoms with Gasteiger partial charge in [-0.1, -0.05) is 72.8 Å². The SMILES string of the molecule is O=C(O)C1=C[SH](c2ccc(C3(c4ccc([SH]5C=C(C(=O)O)C(C(=O)O)=C5)cc4)c4ccccc4-c4ccccc43)cc2)C=C1C(=O)O. The van der Waals surface area contributed by atoms with Crippen molar-refractivity contribution in [2.24, 2.45) is 0 Å². The van der Waals surface area contributed by atoms with Gasteiger partial charge in [0, 0.05) is 0 Å². The van der Waals surface area contributed by atoms with Crippen LogP contribution in [0.15, 0.2) is 151 Å². The first-order valence-corrected chi connectivity index (χ1v) is 17.4. The summed E-state index contributed by atoms with van der Waals surface area (Å²) in [4.78, 5) is 48.6. The van der Waals surface area contributed by atoms with Gasteiger partial charge in [0.2, 0.25) is 0 Å². The minimum atomic E-state index is -1.29. The normalized spacial score (nSPS) is 17.2. The van der Waals surface area contributed by atoms with Crippen molar-refractivity contribution in [2.45, 2.75) is 15.2 Å². The van der Waals surface area contributed by atoms with Crippen molar-refractivity contribution >= 4 is 45.7 Å². The third-order valence-electron chi connectivity index (χ3n) is 8.72. The van der Waals surface area contributed by atoms with Gasteiger partial charge in [0.05, 0.1) is 27.7 Å². The van der Waals surface area contributed by atoms with Gasteiger partial charge in [0.1, 0.15) is 0 Å². The lowest BCUT2D eigenvalue weighted by Gasteiger charge is -2.34. The van der Waals surface area contributed by atoms with E-state index in [0.29, 0.717) is 0 Å². The Labute approximate surface area is 274 Å². The van der Waals surface area contributed by atoms with E-state index in [1.54, 1.807) is 0 Å². The van der Waals surface area contributed by atoms with Gasteiger partial charge in [-0.2, -0.15) is 21.8 Å². The number of aliphatic carboxylic acids is 4. The summed E-state index contributed by atoms with van der Waals surface area (Å²) in [5.41, 5.74) is 4.66. The van der Waals surface area contributed by atoms with E-state index in [1.807, 2.05) is 72.8 Å². The predicted octanol–water partition coefficient (Wildman–Crippen LogP) is 6.67. The predicted molar refractivity (Wildman–Crippen MR) is 181 cm³/mol. The Kier molecular flexibility index (Phi) is 7.26. The number of hydrogen-bond donors (Lipinski definition) is 6. The van der Waals surface area contributed by atoms with Crippen molar-refractivity contribution < 1.29 is 39.6 Å². The first-order valence-electron chi connectivity index (χ1n) is 14.4. The summed E-state index contributed by atoms with van der Waals surface area (Å²) in [7, 11) is -2.58. The molecular weight excluding hydrogens is 637 g/mol. The molecule has 0 spiro atoms. The molecule has 0 radical (unpaired) electrons. The van der Waals surface area contributed by atoms with Crippen LogP contribution in [-0.4, -0.2) is 44.3 Å². The van der Waals surface area contributed by atoms with Gasteiger partial charge in [0.25, 0.3) is 0 Å². The number of carboxylic acid groups (broad SMARTS) is 4. The molecule has 0 atom stereocenters. The third-order valence-corrected chi connectivity index (χ3v) is 12.7. The highest BCUT2D eigenvalue weighted by Gasteiger charge is 2.46. The molecule has 0 unspecified atom stereocenters. The second kappa shape index (κ2) is 11.3. The maximum Gasteiger partial charge on any atom is 0.337 e. The van der Waals surface area contributed by atoms with E-state index in [-0.39, 0.29) is 22.3 Å². The monoisotopic (exact) mass is 662 g/mol. The minimum absolute atomic E-state index is 0.206. The summed E-state index contributed by atoms with van der Waals surface area (Å²) in [6, 6.07) is 32.1. The second-order valence-corrected chi connectivity index (χ2v) is 14.8. The van der Waals surface area contributed by atoms with Gasteiger partial charge < -0.3 is 20.4 Å². The van der Waals surface area contributed by atoms with Crippen LogP contribution in [-0.2, 0) is 24.6 Å². The molecular formula is C37H26O8S2. The van der Waals surface area contributed by atoms with Crippen LogP contribution in [0.1, 0.15) is 22.3 Å². The van der Waals surface area contributed by atoms with Gasteiger partial charge in [-0.25, -0.2) is 19.2 Å². The zero-order valence-electron chi connectivity index (χ0n) is 24.4. The highest BCUT2D eigenvalue weighted by molar-refractivity contribution is 8.22. The van der Waals surface area contributed by atoms with E-state index in [9.17, 15) is 39.6 Å². The summed E-state index contributed by atoms with van der Waals surface area (Å²) >= 11 is 0. The molecule has 10 heteroatoms. The van der Waals surface area contributed by atoms with Gasteiger partial charge >= 0.3 is 23.9 Å². The van der Waals surface area contributed by atoms with Crippen molar-refractivity contribution in [3.8, 4) is 11.1 Å². The fraction of sp³-hybridized carbons (Fsp3) is 0.0270. The first-order chi connectivity index (χ1) is 22.6. The lowest BCUT2D eigenvalue weighted by atomic mass is 9.68.